The van der Waals surface area contributed by atoms with E-state index in [9.17, 15) is 13.4 Å². The van der Waals surface area contributed by atoms with Crippen LogP contribution in [0.1, 0.15) is 41.9 Å². The molecule has 194 valence electrons. The fourth-order valence-corrected chi connectivity index (χ4v) is 4.36. The zero-order valence-corrected chi connectivity index (χ0v) is 21.7. The first-order valence-electron chi connectivity index (χ1n) is 12.1. The predicted molar refractivity (Wildman–Crippen MR) is 150 cm³/mol. The van der Waals surface area contributed by atoms with Crippen LogP contribution in [-0.2, 0) is 4.79 Å². The van der Waals surface area contributed by atoms with E-state index < -0.39 is 7.40 Å². The van der Waals surface area contributed by atoms with Crippen LogP contribution in [0.15, 0.2) is 71.4 Å². The second-order valence-corrected chi connectivity index (χ2v) is 8.58. The summed E-state index contributed by atoms with van der Waals surface area (Å²) in [6.45, 7) is 5.59. The molecule has 1 amide bonds. The molecule has 0 atom stereocenters. The standard InChI is InChI=1S/C29H28BF2N3O3/c1-5-38-27-18-21(9-15-26(27)37-4)8-14-24-17-19(2)29(35(24)30(31)32)28(25-7-6-16-33-25)22-10-12-23(13-11-22)34-20(3)36/h6-18H,5H2,1-4H3,(H,34,36)/b14-8+,28-25-. The number of hydrogen-bond acceptors (Lipinski definition) is 4. The van der Waals surface area contributed by atoms with E-state index in [0.717, 1.165) is 10.0 Å². The summed E-state index contributed by atoms with van der Waals surface area (Å²) in [7, 11) is -1.23. The second kappa shape index (κ2) is 11.8. The van der Waals surface area contributed by atoms with E-state index in [-0.39, 0.29) is 5.91 Å². The number of carbonyl (C=O) groups is 1. The number of nitrogens with one attached hydrogen (secondary N) is 1. The summed E-state index contributed by atoms with van der Waals surface area (Å²) in [5, 5.41) is 2.73. The van der Waals surface area contributed by atoms with Crippen molar-refractivity contribution in [3.05, 3.63) is 94.5 Å². The molecule has 0 saturated heterocycles. The molecule has 0 fully saturated rings. The molecule has 6 nitrogen and oxygen atoms in total. The molecule has 9 heteroatoms. The first-order chi connectivity index (χ1) is 18.3. The maximum Gasteiger partial charge on any atom is 0.678 e. The van der Waals surface area contributed by atoms with Crippen LogP contribution in [0.4, 0.5) is 14.3 Å². The minimum atomic E-state index is -2.79. The Morgan fingerprint density at radius 1 is 1.11 bits per heavy atom. The average molecular weight is 515 g/mol. The lowest BCUT2D eigenvalue weighted by molar-refractivity contribution is -0.114. The van der Waals surface area contributed by atoms with Crippen molar-refractivity contribution < 1.29 is 22.9 Å². The Labute approximate surface area is 221 Å². The van der Waals surface area contributed by atoms with Gasteiger partial charge in [-0.15, -0.1) is 0 Å². The monoisotopic (exact) mass is 515 g/mol. The summed E-state index contributed by atoms with van der Waals surface area (Å²) >= 11 is 0. The molecule has 0 radical (unpaired) electrons. The van der Waals surface area contributed by atoms with Crippen molar-refractivity contribution >= 4 is 42.9 Å². The number of benzene rings is 2. The molecule has 0 bridgehead atoms. The van der Waals surface area contributed by atoms with E-state index in [1.807, 2.05) is 19.1 Å². The number of halogens is 2. The topological polar surface area (TPSA) is 64.8 Å². The number of aryl methyl sites for hydroxylation is 1. The minimum absolute atomic E-state index is 0.191. The Hall–Kier alpha value is -4.40. The number of anilines is 1. The van der Waals surface area contributed by atoms with E-state index in [1.165, 1.54) is 6.92 Å². The number of ether oxygens (including phenoxy) is 2. The number of rotatable bonds is 9. The lowest BCUT2D eigenvalue weighted by atomic mass is 9.96. The van der Waals surface area contributed by atoms with Crippen LogP contribution in [0, 0.1) is 6.92 Å². The quantitative estimate of drug-likeness (QED) is 0.331. The van der Waals surface area contributed by atoms with Gasteiger partial charge in [-0.2, -0.15) is 0 Å². The molecule has 1 aromatic heterocycles. The number of aliphatic imine (C=N–C) groups is 1. The van der Waals surface area contributed by atoms with E-state index in [2.05, 4.69) is 10.3 Å². The molecule has 1 aliphatic rings. The number of hydrogen-bond donors (Lipinski definition) is 1. The largest absolute Gasteiger partial charge is 0.678 e. The van der Waals surface area contributed by atoms with Crippen LogP contribution >= 0.6 is 0 Å². The van der Waals surface area contributed by atoms with E-state index in [1.54, 1.807) is 81.0 Å². The molecule has 2 aromatic carbocycles. The van der Waals surface area contributed by atoms with Gasteiger partial charge in [0.05, 0.1) is 19.4 Å². The molecule has 1 aliphatic heterocycles. The molecule has 0 aliphatic carbocycles. The van der Waals surface area contributed by atoms with Crippen molar-refractivity contribution in [3.8, 4) is 11.5 Å². The Morgan fingerprint density at radius 2 is 1.87 bits per heavy atom. The Kier molecular flexibility index (Phi) is 8.26. The van der Waals surface area contributed by atoms with Gasteiger partial charge < -0.3 is 19.3 Å². The SMILES string of the molecule is CCOc1cc(/C=C/c2cc(C)c(/C(=C3/C=CC=N3)c3ccc(NC(C)=O)cc3)n2B(F)F)ccc1OC. The highest BCUT2D eigenvalue weighted by molar-refractivity contribution is 6.42. The van der Waals surface area contributed by atoms with Gasteiger partial charge in [0, 0.05) is 35.8 Å². The van der Waals surface area contributed by atoms with Gasteiger partial charge in [-0.25, -0.2) is 0 Å². The van der Waals surface area contributed by atoms with Gasteiger partial charge in [-0.3, -0.25) is 18.4 Å². The molecule has 38 heavy (non-hydrogen) atoms. The summed E-state index contributed by atoms with van der Waals surface area (Å²) in [5.74, 6) is 0.992. The minimum Gasteiger partial charge on any atom is -0.493 e. The molecule has 3 aromatic rings. The highest BCUT2D eigenvalue weighted by Gasteiger charge is 2.28. The predicted octanol–water partition coefficient (Wildman–Crippen LogP) is 6.50. The number of carbonyl (C=O) groups excluding carboxylic acids is 1. The first-order valence-corrected chi connectivity index (χ1v) is 12.1. The second-order valence-electron chi connectivity index (χ2n) is 8.58. The van der Waals surface area contributed by atoms with E-state index >= 15 is 0 Å². The van der Waals surface area contributed by atoms with Gasteiger partial charge in [0.15, 0.2) is 11.5 Å². The lowest BCUT2D eigenvalue weighted by Gasteiger charge is -2.16. The molecule has 4 rings (SSSR count). The lowest BCUT2D eigenvalue weighted by Crippen LogP contribution is -2.18. The molecule has 0 spiro atoms. The maximum absolute atomic E-state index is 14.6. The first kappa shape index (κ1) is 26.7. The third-order valence-electron chi connectivity index (χ3n) is 5.93. The third-order valence-corrected chi connectivity index (χ3v) is 5.93. The summed E-state index contributed by atoms with van der Waals surface area (Å²) in [6, 6.07) is 14.2. The summed E-state index contributed by atoms with van der Waals surface area (Å²) in [4.78, 5) is 15.8. The summed E-state index contributed by atoms with van der Waals surface area (Å²) in [5.41, 5.74) is 4.65. The van der Waals surface area contributed by atoms with Gasteiger partial charge >= 0.3 is 7.40 Å². The van der Waals surface area contributed by atoms with Crippen LogP contribution in [0.2, 0.25) is 0 Å². The number of methoxy groups -OCH3 is 1. The van der Waals surface area contributed by atoms with Crippen molar-refractivity contribution in [3.63, 3.8) is 0 Å². The Morgan fingerprint density at radius 3 is 2.47 bits per heavy atom. The zero-order chi connectivity index (χ0) is 27.2. The van der Waals surface area contributed by atoms with Gasteiger partial charge in [0.2, 0.25) is 5.91 Å². The van der Waals surface area contributed by atoms with Gasteiger partial charge in [0.1, 0.15) is 0 Å². The number of aromatic nitrogens is 1. The molecular weight excluding hydrogens is 487 g/mol. The van der Waals surface area contributed by atoms with Crippen LogP contribution in [0.5, 0.6) is 11.5 Å². The normalized spacial score (nSPS) is 13.7. The molecular formula is C29H28BF2N3O3. The average Bonchev–Trinajstić information content (AvgIpc) is 3.52. The van der Waals surface area contributed by atoms with Crippen LogP contribution in [0.3, 0.4) is 0 Å². The molecule has 0 unspecified atom stereocenters. The number of nitrogens with zero attached hydrogens (tertiary/aromatic N) is 2. The molecule has 2 heterocycles. The van der Waals surface area contributed by atoms with Crippen molar-refractivity contribution in [1.82, 2.24) is 4.48 Å². The van der Waals surface area contributed by atoms with Crippen molar-refractivity contribution in [2.45, 2.75) is 20.8 Å². The highest BCUT2D eigenvalue weighted by atomic mass is 19.2. The summed E-state index contributed by atoms with van der Waals surface area (Å²) < 4.78 is 41.2. The number of allylic oxidation sites excluding steroid dienone is 2. The maximum atomic E-state index is 14.6. The Bertz CT molecular complexity index is 1440. The molecule has 0 saturated carbocycles. The highest BCUT2D eigenvalue weighted by Crippen LogP contribution is 2.35. The van der Waals surface area contributed by atoms with Crippen LogP contribution in [0.25, 0.3) is 17.7 Å². The fraction of sp³-hybridized carbons (Fsp3) is 0.172. The number of amides is 1. The Balaban J connectivity index is 1.80. The molecule has 1 N–H and O–H groups in total. The fourth-order valence-electron chi connectivity index (χ4n) is 4.36. The van der Waals surface area contributed by atoms with Crippen molar-refractivity contribution in [2.75, 3.05) is 19.0 Å². The van der Waals surface area contributed by atoms with Crippen LogP contribution in [-0.4, -0.2) is 37.7 Å². The van der Waals surface area contributed by atoms with Gasteiger partial charge in [-0.1, -0.05) is 24.3 Å². The van der Waals surface area contributed by atoms with Crippen molar-refractivity contribution in [1.29, 1.82) is 0 Å². The van der Waals surface area contributed by atoms with Gasteiger partial charge in [-0.05, 0) is 79.1 Å². The van der Waals surface area contributed by atoms with E-state index in [0.29, 0.717) is 57.6 Å². The third kappa shape index (κ3) is 5.77. The zero-order valence-electron chi connectivity index (χ0n) is 21.7. The van der Waals surface area contributed by atoms with E-state index in [4.69, 9.17) is 9.47 Å². The summed E-state index contributed by atoms with van der Waals surface area (Å²) in [6.07, 6.45) is 8.62. The van der Waals surface area contributed by atoms with Gasteiger partial charge in [0.25, 0.3) is 0 Å². The van der Waals surface area contributed by atoms with Crippen molar-refractivity contribution in [2.24, 2.45) is 4.99 Å². The smallest absolute Gasteiger partial charge is 0.493 e. The van der Waals surface area contributed by atoms with Crippen LogP contribution < -0.4 is 14.8 Å².